The number of methoxy groups -OCH3 is 1. The standard InChI is InChI=1S/C10H20N2O2/c1-10(2,13-3)7-8(12-11)9-5-4-6-14-9/h5,8,12H,4,6-7,11H2,1-3H3. The monoisotopic (exact) mass is 200 g/mol. The fourth-order valence-corrected chi connectivity index (χ4v) is 1.50. The van der Waals surface area contributed by atoms with Crippen molar-refractivity contribution in [2.24, 2.45) is 5.84 Å². The maximum absolute atomic E-state index is 5.49. The average Bonchev–Trinajstić information content (AvgIpc) is 2.67. The van der Waals surface area contributed by atoms with E-state index in [2.05, 4.69) is 11.5 Å². The van der Waals surface area contributed by atoms with E-state index in [1.54, 1.807) is 7.11 Å². The van der Waals surface area contributed by atoms with E-state index in [-0.39, 0.29) is 11.6 Å². The summed E-state index contributed by atoms with van der Waals surface area (Å²) in [7, 11) is 1.71. The van der Waals surface area contributed by atoms with Gasteiger partial charge in [0.15, 0.2) is 0 Å². The first kappa shape index (κ1) is 11.5. The van der Waals surface area contributed by atoms with Crippen LogP contribution in [0.2, 0.25) is 0 Å². The summed E-state index contributed by atoms with van der Waals surface area (Å²) in [6.45, 7) is 4.83. The van der Waals surface area contributed by atoms with Gasteiger partial charge in [0, 0.05) is 13.5 Å². The van der Waals surface area contributed by atoms with Crippen molar-refractivity contribution in [2.45, 2.75) is 38.3 Å². The molecule has 1 heterocycles. The summed E-state index contributed by atoms with van der Waals surface area (Å²) < 4.78 is 10.8. The highest BCUT2D eigenvalue weighted by Crippen LogP contribution is 2.22. The number of hydrogen-bond donors (Lipinski definition) is 2. The van der Waals surface area contributed by atoms with Crippen LogP contribution in [0.4, 0.5) is 0 Å². The molecule has 82 valence electrons. The molecule has 14 heavy (non-hydrogen) atoms. The highest BCUT2D eigenvalue weighted by Gasteiger charge is 2.26. The number of hydrogen-bond acceptors (Lipinski definition) is 4. The van der Waals surface area contributed by atoms with Crippen molar-refractivity contribution in [1.82, 2.24) is 5.43 Å². The van der Waals surface area contributed by atoms with Gasteiger partial charge in [0.1, 0.15) is 5.76 Å². The largest absolute Gasteiger partial charge is 0.496 e. The summed E-state index contributed by atoms with van der Waals surface area (Å²) in [6.07, 6.45) is 3.85. The predicted molar refractivity (Wildman–Crippen MR) is 55.5 cm³/mol. The Hall–Kier alpha value is -0.580. The van der Waals surface area contributed by atoms with E-state index in [0.717, 1.165) is 25.2 Å². The van der Waals surface area contributed by atoms with Gasteiger partial charge in [0.05, 0.1) is 18.2 Å². The van der Waals surface area contributed by atoms with Gasteiger partial charge in [-0.25, -0.2) is 5.43 Å². The molecule has 0 aromatic rings. The van der Waals surface area contributed by atoms with Crippen LogP contribution in [0.1, 0.15) is 26.7 Å². The molecule has 0 fully saturated rings. The zero-order valence-corrected chi connectivity index (χ0v) is 9.17. The smallest absolute Gasteiger partial charge is 0.110 e. The Morgan fingerprint density at radius 1 is 1.71 bits per heavy atom. The lowest BCUT2D eigenvalue weighted by Crippen LogP contribution is -2.42. The van der Waals surface area contributed by atoms with Gasteiger partial charge in [-0.15, -0.1) is 0 Å². The van der Waals surface area contributed by atoms with E-state index < -0.39 is 0 Å². The van der Waals surface area contributed by atoms with Crippen LogP contribution in [0.5, 0.6) is 0 Å². The molecule has 0 amide bonds. The molecule has 1 rings (SSSR count). The normalized spacial score (nSPS) is 19.0. The first-order valence-corrected chi connectivity index (χ1v) is 4.93. The van der Waals surface area contributed by atoms with E-state index in [1.807, 2.05) is 13.8 Å². The van der Waals surface area contributed by atoms with Crippen molar-refractivity contribution in [3.8, 4) is 0 Å². The number of nitrogens with one attached hydrogen (secondary N) is 1. The molecule has 4 heteroatoms. The van der Waals surface area contributed by atoms with Crippen molar-refractivity contribution in [3.05, 3.63) is 11.8 Å². The molecular formula is C10H20N2O2. The minimum atomic E-state index is -0.191. The number of rotatable bonds is 5. The zero-order chi connectivity index (χ0) is 10.6. The maximum atomic E-state index is 5.49. The van der Waals surface area contributed by atoms with E-state index in [0.29, 0.717) is 0 Å². The predicted octanol–water partition coefficient (Wildman–Crippen LogP) is 0.938. The van der Waals surface area contributed by atoms with Crippen LogP contribution in [0.3, 0.4) is 0 Å². The van der Waals surface area contributed by atoms with Crippen molar-refractivity contribution < 1.29 is 9.47 Å². The van der Waals surface area contributed by atoms with Crippen molar-refractivity contribution in [1.29, 1.82) is 0 Å². The highest BCUT2D eigenvalue weighted by molar-refractivity contribution is 5.07. The molecule has 0 radical (unpaired) electrons. The lowest BCUT2D eigenvalue weighted by molar-refractivity contribution is 0.00551. The molecule has 0 aliphatic carbocycles. The Kier molecular flexibility index (Phi) is 3.92. The van der Waals surface area contributed by atoms with E-state index in [4.69, 9.17) is 15.3 Å². The molecule has 0 aromatic heterocycles. The third-order valence-electron chi connectivity index (χ3n) is 2.53. The second kappa shape index (κ2) is 4.77. The van der Waals surface area contributed by atoms with Crippen LogP contribution in [0, 0.1) is 0 Å². The van der Waals surface area contributed by atoms with Gasteiger partial charge in [-0.05, 0) is 26.3 Å². The number of nitrogens with two attached hydrogens (primary N) is 1. The second-order valence-electron chi connectivity index (χ2n) is 4.13. The molecule has 1 aliphatic rings. The Labute approximate surface area is 85.4 Å². The highest BCUT2D eigenvalue weighted by atomic mass is 16.5. The fourth-order valence-electron chi connectivity index (χ4n) is 1.50. The van der Waals surface area contributed by atoms with Gasteiger partial charge in [0.25, 0.3) is 0 Å². The average molecular weight is 200 g/mol. The van der Waals surface area contributed by atoms with Crippen LogP contribution in [0.15, 0.2) is 11.8 Å². The summed E-state index contributed by atoms with van der Waals surface area (Å²) in [5, 5.41) is 0. The number of hydrazine groups is 1. The van der Waals surface area contributed by atoms with Crippen LogP contribution < -0.4 is 11.3 Å². The molecule has 0 saturated heterocycles. The van der Waals surface area contributed by atoms with Crippen molar-refractivity contribution >= 4 is 0 Å². The SMILES string of the molecule is COC(C)(C)CC(NN)C1=CCCO1. The van der Waals surface area contributed by atoms with Crippen LogP contribution >= 0.6 is 0 Å². The summed E-state index contributed by atoms with van der Waals surface area (Å²) in [5.74, 6) is 6.43. The quantitative estimate of drug-likeness (QED) is 0.512. The Bertz CT molecular complexity index is 214. The summed E-state index contributed by atoms with van der Waals surface area (Å²) in [4.78, 5) is 0. The van der Waals surface area contributed by atoms with Gasteiger partial charge in [-0.1, -0.05) is 0 Å². The van der Waals surface area contributed by atoms with Crippen molar-refractivity contribution in [2.75, 3.05) is 13.7 Å². The Morgan fingerprint density at radius 2 is 2.43 bits per heavy atom. The zero-order valence-electron chi connectivity index (χ0n) is 9.17. The van der Waals surface area contributed by atoms with Gasteiger partial charge in [-0.2, -0.15) is 0 Å². The van der Waals surface area contributed by atoms with E-state index in [1.165, 1.54) is 0 Å². The Morgan fingerprint density at radius 3 is 2.86 bits per heavy atom. The van der Waals surface area contributed by atoms with E-state index >= 15 is 0 Å². The molecule has 0 bridgehead atoms. The molecule has 0 saturated carbocycles. The topological polar surface area (TPSA) is 56.5 Å². The van der Waals surface area contributed by atoms with Crippen LogP contribution in [-0.2, 0) is 9.47 Å². The second-order valence-corrected chi connectivity index (χ2v) is 4.13. The summed E-state index contributed by atoms with van der Waals surface area (Å²) in [5.41, 5.74) is 2.57. The molecule has 0 spiro atoms. The lowest BCUT2D eigenvalue weighted by Gasteiger charge is -2.28. The summed E-state index contributed by atoms with van der Waals surface area (Å²) in [6, 6.07) is 0.0486. The van der Waals surface area contributed by atoms with Gasteiger partial charge in [0.2, 0.25) is 0 Å². The minimum Gasteiger partial charge on any atom is -0.496 e. The number of ether oxygens (including phenoxy) is 2. The van der Waals surface area contributed by atoms with Crippen LogP contribution in [-0.4, -0.2) is 25.4 Å². The van der Waals surface area contributed by atoms with Crippen LogP contribution in [0.25, 0.3) is 0 Å². The molecule has 3 N–H and O–H groups in total. The van der Waals surface area contributed by atoms with Gasteiger partial charge < -0.3 is 9.47 Å². The molecule has 1 atom stereocenters. The molecular weight excluding hydrogens is 180 g/mol. The fraction of sp³-hybridized carbons (Fsp3) is 0.800. The molecule has 1 unspecified atom stereocenters. The first-order chi connectivity index (χ1) is 6.59. The third-order valence-corrected chi connectivity index (χ3v) is 2.53. The third kappa shape index (κ3) is 2.97. The Balaban J connectivity index is 2.54. The summed E-state index contributed by atoms with van der Waals surface area (Å²) >= 11 is 0. The van der Waals surface area contributed by atoms with Gasteiger partial charge in [-0.3, -0.25) is 5.84 Å². The maximum Gasteiger partial charge on any atom is 0.110 e. The molecule has 0 aromatic carbocycles. The van der Waals surface area contributed by atoms with E-state index in [9.17, 15) is 0 Å². The van der Waals surface area contributed by atoms with Gasteiger partial charge >= 0.3 is 0 Å². The molecule has 4 nitrogen and oxygen atoms in total. The first-order valence-electron chi connectivity index (χ1n) is 4.93. The minimum absolute atomic E-state index is 0.0486. The van der Waals surface area contributed by atoms with Crippen molar-refractivity contribution in [3.63, 3.8) is 0 Å². The molecule has 1 aliphatic heterocycles. The lowest BCUT2D eigenvalue weighted by atomic mass is 9.98.